The first kappa shape index (κ1) is 4.13. The van der Waals surface area contributed by atoms with Crippen molar-refractivity contribution < 1.29 is 5.73 Å². The van der Waals surface area contributed by atoms with Crippen LogP contribution in [0.15, 0.2) is 0 Å². The number of rotatable bonds is 1. The van der Waals surface area contributed by atoms with Crippen LogP contribution in [-0.4, -0.2) is 6.04 Å². The molecule has 3 N–H and O–H groups in total. The summed E-state index contributed by atoms with van der Waals surface area (Å²) in [7, 11) is 0. The third-order valence-electron chi connectivity index (χ3n) is 1.43. The Morgan fingerprint density at radius 3 is 2.17 bits per heavy atom. The molecule has 0 aromatic heterocycles. The Morgan fingerprint density at radius 1 is 1.67 bits per heavy atom. The molecule has 36 valence electrons. The molecule has 1 rings (SSSR count). The molecule has 0 unspecified atom stereocenters. The smallest absolute Gasteiger partial charge is 0.0843 e. The summed E-state index contributed by atoms with van der Waals surface area (Å²) < 4.78 is 0. The zero-order valence-corrected chi connectivity index (χ0v) is 4.28. The standard InChI is InChI=1S/C5H11N/c1-4(6)5-2-3-5/h4-5H,2-3,6H2,1H3/p+1/t4-/m1/s1. The Morgan fingerprint density at radius 2 is 2.17 bits per heavy atom. The fourth-order valence-corrected chi connectivity index (χ4v) is 0.665. The van der Waals surface area contributed by atoms with E-state index < -0.39 is 0 Å². The number of quaternary nitrogens is 1. The molecule has 0 radical (unpaired) electrons. The molecule has 0 saturated heterocycles. The first-order valence-corrected chi connectivity index (χ1v) is 2.64. The topological polar surface area (TPSA) is 27.6 Å². The fourth-order valence-electron chi connectivity index (χ4n) is 0.665. The number of hydrogen-bond acceptors (Lipinski definition) is 0. The summed E-state index contributed by atoms with van der Waals surface area (Å²) in [5.74, 6) is 0.991. The highest BCUT2D eigenvalue weighted by molar-refractivity contribution is 4.76. The molecule has 1 nitrogen and oxygen atoms in total. The Labute approximate surface area is 38.5 Å². The molecule has 0 aromatic carbocycles. The third kappa shape index (κ3) is 0.716. The van der Waals surface area contributed by atoms with Gasteiger partial charge < -0.3 is 5.73 Å². The van der Waals surface area contributed by atoms with E-state index in [1.54, 1.807) is 0 Å². The van der Waals surface area contributed by atoms with Crippen LogP contribution in [0.4, 0.5) is 0 Å². The lowest BCUT2D eigenvalue weighted by Gasteiger charge is -1.91. The molecule has 0 amide bonds. The average Bonchev–Trinajstić information content (AvgIpc) is 2.06. The molecule has 6 heavy (non-hydrogen) atoms. The van der Waals surface area contributed by atoms with E-state index in [1.807, 2.05) is 0 Å². The van der Waals surface area contributed by atoms with Crippen molar-refractivity contribution in [1.82, 2.24) is 0 Å². The molecule has 1 aliphatic rings. The number of hydrogen-bond donors (Lipinski definition) is 1. The van der Waals surface area contributed by atoms with Gasteiger partial charge in [0.05, 0.1) is 6.04 Å². The van der Waals surface area contributed by atoms with Crippen molar-refractivity contribution in [1.29, 1.82) is 0 Å². The summed E-state index contributed by atoms with van der Waals surface area (Å²) in [6.07, 6.45) is 2.87. The quantitative estimate of drug-likeness (QED) is 0.466. The minimum atomic E-state index is 0.713. The van der Waals surface area contributed by atoms with Crippen molar-refractivity contribution in [3.8, 4) is 0 Å². The molecular formula is C5H12N+. The SMILES string of the molecule is C[C@@H]([NH3+])C1CC1. The van der Waals surface area contributed by atoms with Crippen LogP contribution in [0.5, 0.6) is 0 Å². The molecule has 0 aromatic rings. The predicted molar refractivity (Wildman–Crippen MR) is 25.1 cm³/mol. The largest absolute Gasteiger partial charge is 0.355 e. The van der Waals surface area contributed by atoms with Gasteiger partial charge in [-0.1, -0.05) is 0 Å². The lowest BCUT2D eigenvalue weighted by atomic mass is 10.2. The molecule has 0 bridgehead atoms. The van der Waals surface area contributed by atoms with Gasteiger partial charge in [-0.3, -0.25) is 0 Å². The van der Waals surface area contributed by atoms with Crippen molar-refractivity contribution in [2.45, 2.75) is 25.8 Å². The van der Waals surface area contributed by atoms with Gasteiger partial charge in [-0.05, 0) is 19.8 Å². The molecule has 0 aliphatic heterocycles. The predicted octanol–water partition coefficient (Wildman–Crippen LogP) is 0.0268. The molecule has 0 heterocycles. The monoisotopic (exact) mass is 86.1 g/mol. The van der Waals surface area contributed by atoms with E-state index in [9.17, 15) is 0 Å². The summed E-state index contributed by atoms with van der Waals surface area (Å²) in [6.45, 7) is 2.19. The Hall–Kier alpha value is -0.0400. The fraction of sp³-hybridized carbons (Fsp3) is 1.00. The highest BCUT2D eigenvalue weighted by Gasteiger charge is 2.27. The first-order chi connectivity index (χ1) is 2.80. The van der Waals surface area contributed by atoms with Gasteiger partial charge in [0.1, 0.15) is 0 Å². The second-order valence-corrected chi connectivity index (χ2v) is 2.31. The van der Waals surface area contributed by atoms with E-state index in [2.05, 4.69) is 12.7 Å². The Balaban J connectivity index is 2.13. The highest BCUT2D eigenvalue weighted by atomic mass is 14.7. The summed E-state index contributed by atoms with van der Waals surface area (Å²) in [5, 5.41) is 0. The van der Waals surface area contributed by atoms with Gasteiger partial charge in [0, 0.05) is 5.92 Å². The minimum absolute atomic E-state index is 0.713. The molecule has 1 aliphatic carbocycles. The maximum absolute atomic E-state index is 3.90. The van der Waals surface area contributed by atoms with Crippen LogP contribution in [0.1, 0.15) is 19.8 Å². The molecule has 1 fully saturated rings. The van der Waals surface area contributed by atoms with Gasteiger partial charge in [0.2, 0.25) is 0 Å². The maximum Gasteiger partial charge on any atom is 0.0843 e. The van der Waals surface area contributed by atoms with Gasteiger partial charge in [-0.2, -0.15) is 0 Å². The van der Waals surface area contributed by atoms with Crippen molar-refractivity contribution in [3.63, 3.8) is 0 Å². The van der Waals surface area contributed by atoms with E-state index >= 15 is 0 Å². The second-order valence-electron chi connectivity index (χ2n) is 2.31. The Bertz CT molecular complexity index is 45.9. The molecular weight excluding hydrogens is 74.1 g/mol. The van der Waals surface area contributed by atoms with E-state index in [4.69, 9.17) is 0 Å². The van der Waals surface area contributed by atoms with Crippen LogP contribution in [0.2, 0.25) is 0 Å². The van der Waals surface area contributed by atoms with E-state index in [-0.39, 0.29) is 0 Å². The summed E-state index contributed by atoms with van der Waals surface area (Å²) in [4.78, 5) is 0. The van der Waals surface area contributed by atoms with Gasteiger partial charge in [-0.25, -0.2) is 0 Å². The Kier molecular flexibility index (Phi) is 0.845. The normalized spacial score (nSPS) is 27.0. The summed E-state index contributed by atoms with van der Waals surface area (Å²) >= 11 is 0. The van der Waals surface area contributed by atoms with Gasteiger partial charge in [-0.15, -0.1) is 0 Å². The van der Waals surface area contributed by atoms with Crippen LogP contribution >= 0.6 is 0 Å². The van der Waals surface area contributed by atoms with Crippen LogP contribution in [0, 0.1) is 5.92 Å². The maximum atomic E-state index is 3.90. The summed E-state index contributed by atoms with van der Waals surface area (Å²) in [5.41, 5.74) is 3.90. The highest BCUT2D eigenvalue weighted by Crippen LogP contribution is 2.30. The zero-order chi connectivity index (χ0) is 4.57. The van der Waals surface area contributed by atoms with Crippen molar-refractivity contribution >= 4 is 0 Å². The van der Waals surface area contributed by atoms with Crippen LogP contribution in [0.3, 0.4) is 0 Å². The van der Waals surface area contributed by atoms with Gasteiger partial charge >= 0.3 is 0 Å². The van der Waals surface area contributed by atoms with Gasteiger partial charge in [0.15, 0.2) is 0 Å². The van der Waals surface area contributed by atoms with Crippen LogP contribution < -0.4 is 5.73 Å². The third-order valence-corrected chi connectivity index (χ3v) is 1.43. The first-order valence-electron chi connectivity index (χ1n) is 2.64. The lowest BCUT2D eigenvalue weighted by molar-refractivity contribution is -0.419. The van der Waals surface area contributed by atoms with Crippen molar-refractivity contribution in [2.24, 2.45) is 5.92 Å². The van der Waals surface area contributed by atoms with Crippen molar-refractivity contribution in [3.05, 3.63) is 0 Å². The molecule has 0 spiro atoms. The average molecular weight is 86.2 g/mol. The molecule has 1 saturated carbocycles. The van der Waals surface area contributed by atoms with E-state index in [0.717, 1.165) is 5.92 Å². The summed E-state index contributed by atoms with van der Waals surface area (Å²) in [6, 6.07) is 0.713. The second kappa shape index (κ2) is 1.23. The van der Waals surface area contributed by atoms with Crippen LogP contribution in [-0.2, 0) is 0 Å². The molecule has 1 atom stereocenters. The van der Waals surface area contributed by atoms with Crippen molar-refractivity contribution in [2.75, 3.05) is 0 Å². The van der Waals surface area contributed by atoms with Crippen LogP contribution in [0.25, 0.3) is 0 Å². The van der Waals surface area contributed by atoms with E-state index in [1.165, 1.54) is 12.8 Å². The van der Waals surface area contributed by atoms with Gasteiger partial charge in [0.25, 0.3) is 0 Å². The van der Waals surface area contributed by atoms with E-state index in [0.29, 0.717) is 6.04 Å². The molecule has 1 heteroatoms. The zero-order valence-electron chi connectivity index (χ0n) is 4.28. The minimum Gasteiger partial charge on any atom is -0.355 e. The lowest BCUT2D eigenvalue weighted by Crippen LogP contribution is -2.60.